The van der Waals surface area contributed by atoms with E-state index >= 15 is 0 Å². The molecular weight excluding hydrogens is 334 g/mol. The molecule has 0 radical (unpaired) electrons. The Kier molecular flexibility index (Phi) is 4.00. The number of aliphatic imine (C=N–C) groups is 1. The van der Waals surface area contributed by atoms with E-state index in [1.54, 1.807) is 25.1 Å². The molecule has 2 N–H and O–H groups in total. The first-order valence-electron chi connectivity index (χ1n) is 9.25. The van der Waals surface area contributed by atoms with Gasteiger partial charge in [-0.05, 0) is 32.6 Å². The molecule has 138 valence electrons. The van der Waals surface area contributed by atoms with E-state index in [0.717, 1.165) is 38.5 Å². The molecule has 6 nitrogen and oxygen atoms in total. The van der Waals surface area contributed by atoms with E-state index < -0.39 is 29.0 Å². The van der Waals surface area contributed by atoms with Crippen LogP contribution < -0.4 is 0 Å². The molecule has 3 aliphatic rings. The molecule has 26 heavy (non-hydrogen) atoms. The van der Waals surface area contributed by atoms with Gasteiger partial charge >= 0.3 is 5.97 Å². The number of hydrogen-bond acceptors (Lipinski definition) is 6. The van der Waals surface area contributed by atoms with Crippen molar-refractivity contribution in [3.63, 3.8) is 0 Å². The van der Waals surface area contributed by atoms with Crippen LogP contribution in [-0.4, -0.2) is 39.4 Å². The fraction of sp³-hybridized carbons (Fsp3) is 0.550. The van der Waals surface area contributed by atoms with E-state index in [2.05, 4.69) is 4.99 Å². The smallest absolute Gasteiger partial charge is 0.318 e. The van der Waals surface area contributed by atoms with Crippen LogP contribution in [0.1, 0.15) is 61.4 Å². The van der Waals surface area contributed by atoms with Gasteiger partial charge in [0.05, 0.1) is 0 Å². The van der Waals surface area contributed by atoms with Crippen molar-refractivity contribution >= 4 is 17.5 Å². The molecule has 1 aliphatic heterocycles. The van der Waals surface area contributed by atoms with Crippen molar-refractivity contribution in [3.05, 3.63) is 35.4 Å². The van der Waals surface area contributed by atoms with Gasteiger partial charge in [-0.3, -0.25) is 14.6 Å². The molecule has 2 aliphatic carbocycles. The first-order chi connectivity index (χ1) is 12.4. The third kappa shape index (κ3) is 2.21. The van der Waals surface area contributed by atoms with Gasteiger partial charge in [-0.25, -0.2) is 0 Å². The Bertz CT molecular complexity index is 795. The monoisotopic (exact) mass is 357 g/mol. The second-order valence-corrected chi connectivity index (χ2v) is 7.55. The van der Waals surface area contributed by atoms with Gasteiger partial charge in [0, 0.05) is 16.8 Å². The third-order valence-corrected chi connectivity index (χ3v) is 5.92. The van der Waals surface area contributed by atoms with Crippen molar-refractivity contribution in [3.8, 4) is 0 Å². The summed E-state index contributed by atoms with van der Waals surface area (Å²) in [7, 11) is 0. The quantitative estimate of drug-likeness (QED) is 0.624. The number of esters is 1. The topological polar surface area (TPSA) is 96.2 Å². The normalized spacial score (nSPS) is 34.0. The van der Waals surface area contributed by atoms with Crippen molar-refractivity contribution in [1.82, 2.24) is 0 Å². The highest BCUT2D eigenvalue weighted by Gasteiger charge is 2.72. The van der Waals surface area contributed by atoms with Crippen LogP contribution in [0, 0.1) is 5.92 Å². The van der Waals surface area contributed by atoms with Crippen molar-refractivity contribution < 1.29 is 24.5 Å². The van der Waals surface area contributed by atoms with E-state index in [9.17, 15) is 19.8 Å². The van der Waals surface area contributed by atoms with Crippen LogP contribution in [0.2, 0.25) is 0 Å². The summed E-state index contributed by atoms with van der Waals surface area (Å²) in [5.74, 6) is -2.66. The molecule has 0 spiro atoms. The molecule has 0 saturated heterocycles. The number of nitrogens with zero attached hydrogens (tertiary/aromatic N) is 1. The van der Waals surface area contributed by atoms with Crippen molar-refractivity contribution in [1.29, 1.82) is 0 Å². The summed E-state index contributed by atoms with van der Waals surface area (Å²) in [5.41, 5.74) is -3.84. The molecule has 1 aromatic carbocycles. The maximum atomic E-state index is 12.9. The second kappa shape index (κ2) is 5.99. The number of benzene rings is 1. The van der Waals surface area contributed by atoms with Crippen molar-refractivity contribution in [2.24, 2.45) is 10.9 Å². The first kappa shape index (κ1) is 17.4. The van der Waals surface area contributed by atoms with Gasteiger partial charge in [0.15, 0.2) is 5.60 Å². The van der Waals surface area contributed by atoms with E-state index in [-0.39, 0.29) is 22.9 Å². The third-order valence-electron chi connectivity index (χ3n) is 5.92. The van der Waals surface area contributed by atoms with Crippen LogP contribution >= 0.6 is 0 Å². The van der Waals surface area contributed by atoms with Gasteiger partial charge < -0.3 is 14.9 Å². The number of carbonyl (C=O) groups excluding carboxylic acids is 2. The predicted octanol–water partition coefficient (Wildman–Crippen LogP) is 2.12. The second-order valence-electron chi connectivity index (χ2n) is 7.55. The molecule has 1 aromatic rings. The highest BCUT2D eigenvalue weighted by molar-refractivity contribution is 6.18. The molecule has 1 heterocycles. The Morgan fingerprint density at radius 3 is 2.50 bits per heavy atom. The average Bonchev–Trinajstić information content (AvgIpc) is 2.83. The lowest BCUT2D eigenvalue weighted by Crippen LogP contribution is -2.56. The molecular formula is C20H23NO5. The number of rotatable bonds is 2. The van der Waals surface area contributed by atoms with E-state index in [1.807, 2.05) is 0 Å². The summed E-state index contributed by atoms with van der Waals surface area (Å²) in [5, 5.41) is 22.3. The maximum absolute atomic E-state index is 12.9. The lowest BCUT2D eigenvalue weighted by Gasteiger charge is -2.32. The van der Waals surface area contributed by atoms with Crippen LogP contribution in [0.15, 0.2) is 29.3 Å². The molecule has 1 fully saturated rings. The largest absolute Gasteiger partial charge is 0.462 e. The Morgan fingerprint density at radius 2 is 1.81 bits per heavy atom. The van der Waals surface area contributed by atoms with E-state index in [1.165, 1.54) is 6.07 Å². The summed E-state index contributed by atoms with van der Waals surface area (Å²) in [6, 6.07) is 6.41. The van der Waals surface area contributed by atoms with E-state index in [4.69, 9.17) is 4.74 Å². The zero-order chi connectivity index (χ0) is 18.5. The van der Waals surface area contributed by atoms with Gasteiger partial charge in [0.25, 0.3) is 0 Å². The Hall–Kier alpha value is -2.05. The minimum atomic E-state index is -2.34. The summed E-state index contributed by atoms with van der Waals surface area (Å²) in [6.45, 7) is 1.54. The van der Waals surface area contributed by atoms with Crippen LogP contribution in [0.4, 0.5) is 0 Å². The van der Waals surface area contributed by atoms with Crippen LogP contribution in [0.3, 0.4) is 0 Å². The number of hydrogen-bond donors (Lipinski definition) is 2. The highest BCUT2D eigenvalue weighted by atomic mass is 16.5. The van der Waals surface area contributed by atoms with Crippen LogP contribution in [0.25, 0.3) is 0 Å². The number of aliphatic hydroxyl groups is 2. The minimum Gasteiger partial charge on any atom is -0.462 e. The number of carbonyl (C=O) groups is 2. The maximum Gasteiger partial charge on any atom is 0.318 e. The standard InChI is InChI=1S/C20H23NO5/c1-12-16(18(23)26-13-8-4-2-3-5-9-13)19(24)17(22)14-10-6-7-11-15(14)20(19,25)21-12/h6-7,10-11,13,16,24-25H,2-5,8-9H2,1H3/t16?,19-,20+/m1/s1. The minimum absolute atomic E-state index is 0.195. The number of Topliss-reactive ketones (excluding diaryl/α,β-unsaturated/α-hetero) is 1. The summed E-state index contributed by atoms with van der Waals surface area (Å²) < 4.78 is 5.65. The molecule has 1 saturated carbocycles. The Balaban J connectivity index is 1.67. The Morgan fingerprint density at radius 1 is 1.15 bits per heavy atom. The molecule has 0 bridgehead atoms. The zero-order valence-corrected chi connectivity index (χ0v) is 14.8. The molecule has 3 atom stereocenters. The average molecular weight is 357 g/mol. The number of ether oxygens (including phenoxy) is 1. The fourth-order valence-corrected chi connectivity index (χ4v) is 4.59. The molecule has 0 amide bonds. The summed E-state index contributed by atoms with van der Waals surface area (Å²) in [4.78, 5) is 30.0. The van der Waals surface area contributed by atoms with Gasteiger partial charge in [-0.15, -0.1) is 0 Å². The highest BCUT2D eigenvalue weighted by Crippen LogP contribution is 2.53. The predicted molar refractivity (Wildman–Crippen MR) is 93.8 cm³/mol. The van der Waals surface area contributed by atoms with Gasteiger partial charge in [-0.2, -0.15) is 0 Å². The lowest BCUT2D eigenvalue weighted by atomic mass is 9.79. The molecule has 1 unspecified atom stereocenters. The SMILES string of the molecule is CC1=N[C@]2(O)c3ccccc3C(=O)[C@]2(O)C1C(=O)OC1CCCCCC1. The first-order valence-corrected chi connectivity index (χ1v) is 9.25. The van der Waals surface area contributed by atoms with Crippen molar-refractivity contribution in [2.45, 2.75) is 62.9 Å². The van der Waals surface area contributed by atoms with Gasteiger partial charge in [0.2, 0.25) is 11.5 Å². The molecule has 6 heteroatoms. The summed E-state index contributed by atoms with van der Waals surface area (Å²) >= 11 is 0. The van der Waals surface area contributed by atoms with Crippen LogP contribution in [0.5, 0.6) is 0 Å². The van der Waals surface area contributed by atoms with E-state index in [0.29, 0.717) is 0 Å². The fourth-order valence-electron chi connectivity index (χ4n) is 4.59. The number of ketones is 1. The molecule has 4 rings (SSSR count). The van der Waals surface area contributed by atoms with Gasteiger partial charge in [0.1, 0.15) is 12.0 Å². The van der Waals surface area contributed by atoms with Crippen LogP contribution in [-0.2, 0) is 15.3 Å². The zero-order valence-electron chi connectivity index (χ0n) is 14.8. The Labute approximate surface area is 151 Å². The van der Waals surface area contributed by atoms with Gasteiger partial charge in [-0.1, -0.05) is 37.1 Å². The van der Waals surface area contributed by atoms with Crippen molar-refractivity contribution in [2.75, 3.05) is 0 Å². The molecule has 0 aromatic heterocycles. The number of fused-ring (bicyclic) bond motifs is 3. The summed E-state index contributed by atoms with van der Waals surface area (Å²) in [6.07, 6.45) is 5.58. The lowest BCUT2D eigenvalue weighted by molar-refractivity contribution is -0.169.